The minimum absolute atomic E-state index is 0.0164. The van der Waals surface area contributed by atoms with E-state index in [-0.39, 0.29) is 40.7 Å². The zero-order valence-electron chi connectivity index (χ0n) is 25.7. The van der Waals surface area contributed by atoms with Gasteiger partial charge in [0.15, 0.2) is 8.32 Å². The smallest absolute Gasteiger partial charge is 0.423 e. The molecule has 1 saturated heterocycles. The molecule has 1 aliphatic rings. The first kappa shape index (κ1) is 34.3. The van der Waals surface area contributed by atoms with Gasteiger partial charge in [0.25, 0.3) is 11.5 Å². The number of carbonyl (C=O) groups excluding carboxylic acids is 1. The lowest BCUT2D eigenvalue weighted by atomic mass is 10.2. The number of nitrogens with zero attached hydrogens (tertiary/aromatic N) is 2. The molecule has 2 heterocycles. The molecule has 0 aliphatic carbocycles. The fraction of sp³-hybridized carbons (Fsp3) is 0.567. The third kappa shape index (κ3) is 8.06. The van der Waals surface area contributed by atoms with Crippen LogP contribution in [0.2, 0.25) is 18.1 Å². The SMILES string of the molecule is COc1ccc(C(=O)n2c(=O)c(C(F)(F)F)cn([C@H]3C[C@H](OCC#CC(C)C)[C@@H](CO[Si](C)(C)C(C)(C)C)O3)c2=O)cc1. The second-order valence-electron chi connectivity index (χ2n) is 12.2. The fourth-order valence-electron chi connectivity index (χ4n) is 4.11. The molecule has 0 unspecified atom stereocenters. The van der Waals surface area contributed by atoms with Crippen molar-refractivity contribution in [3.63, 3.8) is 0 Å². The number of halogens is 3. The van der Waals surface area contributed by atoms with Gasteiger partial charge in [-0.25, -0.2) is 4.79 Å². The van der Waals surface area contributed by atoms with Crippen LogP contribution in [0.5, 0.6) is 5.75 Å². The molecule has 0 spiro atoms. The topological polar surface area (TPSA) is 98.0 Å². The van der Waals surface area contributed by atoms with Crippen molar-refractivity contribution in [3.8, 4) is 17.6 Å². The molecule has 1 aromatic carbocycles. The summed E-state index contributed by atoms with van der Waals surface area (Å²) in [7, 11) is -0.861. The standard InChI is InChI=1S/C30H39F3N2O7Si/c1-19(2)10-9-15-40-23-16-25(42-24(23)18-41-43(7,8)29(3,4)5)34-17-22(30(31,32)33)27(37)35(28(34)38)26(36)20-11-13-21(39-6)14-12-20/h11-14,17,19,23-25H,15-16,18H2,1-8H3/t23-,24+,25+/m0/s1. The Morgan fingerprint density at radius 1 is 1.14 bits per heavy atom. The number of aromatic nitrogens is 2. The van der Waals surface area contributed by atoms with Crippen LogP contribution in [0.25, 0.3) is 0 Å². The highest BCUT2D eigenvalue weighted by Crippen LogP contribution is 2.38. The molecule has 1 aliphatic heterocycles. The van der Waals surface area contributed by atoms with Gasteiger partial charge in [-0.3, -0.25) is 14.2 Å². The Hall–Kier alpha value is -3.18. The Balaban J connectivity index is 2.05. The predicted octanol–water partition coefficient (Wildman–Crippen LogP) is 5.08. The Morgan fingerprint density at radius 2 is 1.77 bits per heavy atom. The molecule has 0 amide bonds. The van der Waals surface area contributed by atoms with Crippen molar-refractivity contribution in [2.24, 2.45) is 5.92 Å². The number of hydrogen-bond acceptors (Lipinski definition) is 7. The van der Waals surface area contributed by atoms with Gasteiger partial charge in [0.05, 0.1) is 19.8 Å². The van der Waals surface area contributed by atoms with E-state index in [1.165, 1.54) is 31.4 Å². The highest BCUT2D eigenvalue weighted by atomic mass is 28.4. The lowest BCUT2D eigenvalue weighted by Crippen LogP contribution is -2.47. The zero-order valence-corrected chi connectivity index (χ0v) is 26.7. The third-order valence-electron chi connectivity index (χ3n) is 7.63. The Bertz CT molecular complexity index is 1480. The Labute approximate surface area is 250 Å². The summed E-state index contributed by atoms with van der Waals surface area (Å²) >= 11 is 0. The maximum absolute atomic E-state index is 14.0. The van der Waals surface area contributed by atoms with Crippen molar-refractivity contribution in [2.75, 3.05) is 20.3 Å². The molecule has 9 nitrogen and oxygen atoms in total. The minimum Gasteiger partial charge on any atom is -0.497 e. The van der Waals surface area contributed by atoms with Gasteiger partial charge in [-0.05, 0) is 42.4 Å². The molecule has 2 aromatic rings. The highest BCUT2D eigenvalue weighted by molar-refractivity contribution is 6.74. The molecule has 3 rings (SSSR count). The maximum atomic E-state index is 14.0. The average Bonchev–Trinajstić information content (AvgIpc) is 3.31. The first-order valence-electron chi connectivity index (χ1n) is 13.9. The lowest BCUT2D eigenvalue weighted by molar-refractivity contribution is -0.139. The number of alkyl halides is 3. The third-order valence-corrected chi connectivity index (χ3v) is 12.1. The van der Waals surface area contributed by atoms with Crippen molar-refractivity contribution in [2.45, 2.75) is 83.8 Å². The molecular formula is C30H39F3N2O7Si. The van der Waals surface area contributed by atoms with Gasteiger partial charge in [-0.1, -0.05) is 46.5 Å². The molecule has 0 radical (unpaired) electrons. The van der Waals surface area contributed by atoms with E-state index >= 15 is 0 Å². The molecule has 236 valence electrons. The van der Waals surface area contributed by atoms with E-state index in [0.717, 1.165) is 0 Å². The maximum Gasteiger partial charge on any atom is 0.423 e. The van der Waals surface area contributed by atoms with Gasteiger partial charge in [0, 0.05) is 24.1 Å². The number of rotatable bonds is 8. The van der Waals surface area contributed by atoms with E-state index in [0.29, 0.717) is 16.5 Å². The van der Waals surface area contributed by atoms with Gasteiger partial charge in [0.1, 0.15) is 30.3 Å². The summed E-state index contributed by atoms with van der Waals surface area (Å²) in [5.74, 6) is 5.15. The van der Waals surface area contributed by atoms with Crippen LogP contribution in [0.3, 0.4) is 0 Å². The molecule has 0 N–H and O–H groups in total. The van der Waals surface area contributed by atoms with E-state index < -0.39 is 55.6 Å². The van der Waals surface area contributed by atoms with Crippen molar-refractivity contribution in [1.82, 2.24) is 9.13 Å². The fourth-order valence-corrected chi connectivity index (χ4v) is 5.13. The van der Waals surface area contributed by atoms with Crippen LogP contribution in [0, 0.1) is 17.8 Å². The molecule has 43 heavy (non-hydrogen) atoms. The van der Waals surface area contributed by atoms with Crippen LogP contribution in [-0.2, 0) is 20.1 Å². The largest absolute Gasteiger partial charge is 0.497 e. The second kappa shape index (κ2) is 13.2. The van der Waals surface area contributed by atoms with Crippen molar-refractivity contribution >= 4 is 14.2 Å². The molecule has 3 atom stereocenters. The number of methoxy groups -OCH3 is 1. The summed E-state index contributed by atoms with van der Waals surface area (Å²) in [6, 6.07) is 5.28. The van der Waals surface area contributed by atoms with Gasteiger partial charge in [-0.2, -0.15) is 17.7 Å². The van der Waals surface area contributed by atoms with Crippen LogP contribution in [0.1, 0.15) is 63.2 Å². The number of benzene rings is 1. The summed E-state index contributed by atoms with van der Waals surface area (Å²) in [6.07, 6.45) is -7.50. The minimum atomic E-state index is -5.15. The van der Waals surface area contributed by atoms with Gasteiger partial charge in [0.2, 0.25) is 0 Å². The van der Waals surface area contributed by atoms with Gasteiger partial charge in [-0.15, -0.1) is 0 Å². The van der Waals surface area contributed by atoms with Crippen LogP contribution in [0.15, 0.2) is 40.1 Å². The first-order valence-corrected chi connectivity index (χ1v) is 16.8. The monoisotopic (exact) mass is 624 g/mol. The van der Waals surface area contributed by atoms with Crippen LogP contribution in [0.4, 0.5) is 13.2 Å². The van der Waals surface area contributed by atoms with Crippen LogP contribution in [-0.4, -0.2) is 55.9 Å². The molecule has 0 saturated carbocycles. The quantitative estimate of drug-likeness (QED) is 0.299. The zero-order chi connectivity index (χ0) is 32.3. The van der Waals surface area contributed by atoms with E-state index in [2.05, 4.69) is 32.6 Å². The molecule has 0 bridgehead atoms. The molecule has 1 aromatic heterocycles. The van der Waals surface area contributed by atoms with E-state index in [1.807, 2.05) is 26.9 Å². The van der Waals surface area contributed by atoms with Gasteiger partial charge < -0.3 is 18.6 Å². The highest BCUT2D eigenvalue weighted by Gasteiger charge is 2.44. The molecule has 1 fully saturated rings. The summed E-state index contributed by atoms with van der Waals surface area (Å²) in [4.78, 5) is 39.7. The van der Waals surface area contributed by atoms with Crippen molar-refractivity contribution in [3.05, 3.63) is 62.4 Å². The van der Waals surface area contributed by atoms with Crippen molar-refractivity contribution in [1.29, 1.82) is 0 Å². The molecular weight excluding hydrogens is 585 g/mol. The molecule has 13 heteroatoms. The average molecular weight is 625 g/mol. The van der Waals surface area contributed by atoms with Crippen LogP contribution >= 0.6 is 0 Å². The Morgan fingerprint density at radius 3 is 2.30 bits per heavy atom. The van der Waals surface area contributed by atoms with E-state index in [4.69, 9.17) is 18.6 Å². The summed E-state index contributed by atoms with van der Waals surface area (Å²) in [5, 5.41) is -0.125. The summed E-state index contributed by atoms with van der Waals surface area (Å²) < 4.78 is 66.1. The van der Waals surface area contributed by atoms with E-state index in [1.54, 1.807) is 0 Å². The van der Waals surface area contributed by atoms with Gasteiger partial charge >= 0.3 is 11.9 Å². The second-order valence-corrected chi connectivity index (χ2v) is 17.0. The predicted molar refractivity (Wildman–Crippen MR) is 157 cm³/mol. The van der Waals surface area contributed by atoms with Crippen molar-refractivity contribution < 1.29 is 36.6 Å². The van der Waals surface area contributed by atoms with E-state index in [9.17, 15) is 27.6 Å². The number of ether oxygens (including phenoxy) is 3. The number of hydrogen-bond donors (Lipinski definition) is 0. The Kier molecular flexibility index (Phi) is 10.5. The first-order chi connectivity index (χ1) is 19.9. The summed E-state index contributed by atoms with van der Waals surface area (Å²) in [5.41, 5.74) is -4.90. The van der Waals surface area contributed by atoms with Crippen LogP contribution < -0.4 is 16.0 Å². The lowest BCUT2D eigenvalue weighted by Gasteiger charge is -2.37. The number of carbonyl (C=O) groups is 1. The summed E-state index contributed by atoms with van der Waals surface area (Å²) in [6.45, 7) is 14.2. The normalized spacial score (nSPS) is 19.3.